The molecule has 2 N–H and O–H groups in total. The van der Waals surface area contributed by atoms with Crippen LogP contribution < -0.4 is 0 Å². The Morgan fingerprint density at radius 2 is 2.08 bits per heavy atom. The molecule has 1 atom stereocenters. The normalized spacial score (nSPS) is 17.2. The van der Waals surface area contributed by atoms with Gasteiger partial charge >= 0.3 is 5.97 Å². The monoisotopic (exact) mass is 327 g/mol. The number of nitrogens with zero attached hydrogens (tertiary/aromatic N) is 2. The molecule has 2 heterocycles. The van der Waals surface area contributed by atoms with Gasteiger partial charge < -0.3 is 10.0 Å². The summed E-state index contributed by atoms with van der Waals surface area (Å²) in [6.45, 7) is 1.49. The zero-order chi connectivity index (χ0) is 16.9. The van der Waals surface area contributed by atoms with Gasteiger partial charge in [-0.2, -0.15) is 5.10 Å². The van der Waals surface area contributed by atoms with Crippen LogP contribution in [0.1, 0.15) is 46.7 Å². The van der Waals surface area contributed by atoms with E-state index in [1.54, 1.807) is 18.3 Å². The van der Waals surface area contributed by atoms with Crippen LogP contribution in [0.25, 0.3) is 0 Å². The summed E-state index contributed by atoms with van der Waals surface area (Å²) in [6.07, 6.45) is 6.81. The third-order valence-electron chi connectivity index (χ3n) is 4.58. The number of carbonyl (C=O) groups excluding carboxylic acids is 1. The Kier molecular flexibility index (Phi) is 4.93. The summed E-state index contributed by atoms with van der Waals surface area (Å²) in [7, 11) is 0. The van der Waals surface area contributed by atoms with Gasteiger partial charge in [0.1, 0.15) is 0 Å². The Balaban J connectivity index is 1.49. The number of carboxylic acid groups (broad SMARTS) is 1. The molecule has 0 aliphatic carbocycles. The minimum Gasteiger partial charge on any atom is -0.478 e. The highest BCUT2D eigenvalue weighted by molar-refractivity contribution is 5.87. The largest absolute Gasteiger partial charge is 0.478 e. The average molecular weight is 327 g/mol. The van der Waals surface area contributed by atoms with Crippen LogP contribution in [0.5, 0.6) is 0 Å². The number of aromatic amines is 1. The summed E-state index contributed by atoms with van der Waals surface area (Å²) >= 11 is 0. The van der Waals surface area contributed by atoms with Crippen LogP contribution in [0.15, 0.2) is 36.7 Å². The third-order valence-corrected chi connectivity index (χ3v) is 4.58. The molecule has 1 aliphatic heterocycles. The number of amides is 1. The van der Waals surface area contributed by atoms with E-state index in [0.29, 0.717) is 17.9 Å². The summed E-state index contributed by atoms with van der Waals surface area (Å²) < 4.78 is 0. The van der Waals surface area contributed by atoms with Gasteiger partial charge in [-0.15, -0.1) is 0 Å². The predicted molar refractivity (Wildman–Crippen MR) is 88.9 cm³/mol. The van der Waals surface area contributed by atoms with Crippen molar-refractivity contribution in [3.05, 3.63) is 53.3 Å². The van der Waals surface area contributed by atoms with Crippen molar-refractivity contribution in [3.8, 4) is 0 Å². The molecule has 126 valence electrons. The van der Waals surface area contributed by atoms with E-state index < -0.39 is 5.97 Å². The fraction of sp³-hybridized carbons (Fsp3) is 0.389. The first kappa shape index (κ1) is 16.2. The van der Waals surface area contributed by atoms with Crippen LogP contribution in [0, 0.1) is 0 Å². The number of hydrogen-bond acceptors (Lipinski definition) is 3. The maximum atomic E-state index is 12.3. The smallest absolute Gasteiger partial charge is 0.335 e. The van der Waals surface area contributed by atoms with Crippen molar-refractivity contribution in [3.63, 3.8) is 0 Å². The molecule has 0 spiro atoms. The van der Waals surface area contributed by atoms with Gasteiger partial charge in [-0.3, -0.25) is 9.89 Å². The van der Waals surface area contributed by atoms with Gasteiger partial charge in [0.15, 0.2) is 0 Å². The number of carbonyl (C=O) groups is 2. The molecule has 1 aromatic carbocycles. The van der Waals surface area contributed by atoms with Crippen molar-refractivity contribution in [2.24, 2.45) is 0 Å². The Hall–Kier alpha value is -2.63. The van der Waals surface area contributed by atoms with Crippen LogP contribution in [0.2, 0.25) is 0 Å². The number of hydrogen-bond donors (Lipinski definition) is 2. The highest BCUT2D eigenvalue weighted by Crippen LogP contribution is 2.28. The first-order valence-electron chi connectivity index (χ1n) is 8.22. The number of aromatic nitrogens is 2. The summed E-state index contributed by atoms with van der Waals surface area (Å²) in [5, 5.41) is 15.6. The van der Waals surface area contributed by atoms with Gasteiger partial charge in [0.25, 0.3) is 0 Å². The molecule has 0 saturated carbocycles. The number of nitrogens with one attached hydrogen (secondary N) is 1. The lowest BCUT2D eigenvalue weighted by atomic mass is 9.97. The first-order valence-corrected chi connectivity index (χ1v) is 8.22. The van der Waals surface area contributed by atoms with Crippen molar-refractivity contribution in [1.29, 1.82) is 0 Å². The molecule has 24 heavy (non-hydrogen) atoms. The van der Waals surface area contributed by atoms with Crippen molar-refractivity contribution in [1.82, 2.24) is 15.1 Å². The second-order valence-electron chi connectivity index (χ2n) is 6.21. The zero-order valence-corrected chi connectivity index (χ0v) is 13.4. The molecule has 0 radical (unpaired) electrons. The van der Waals surface area contributed by atoms with E-state index in [1.165, 1.54) is 0 Å². The molecule has 1 amide bonds. The lowest BCUT2D eigenvalue weighted by Crippen LogP contribution is -2.28. The van der Waals surface area contributed by atoms with E-state index in [2.05, 4.69) is 10.2 Å². The molecule has 1 unspecified atom stereocenters. The zero-order valence-electron chi connectivity index (χ0n) is 13.4. The molecular weight excluding hydrogens is 306 g/mol. The van der Waals surface area contributed by atoms with Gasteiger partial charge in [0, 0.05) is 31.6 Å². The molecule has 1 fully saturated rings. The number of rotatable bonds is 6. The fourth-order valence-electron chi connectivity index (χ4n) is 3.17. The van der Waals surface area contributed by atoms with Crippen molar-refractivity contribution in [2.45, 2.75) is 31.6 Å². The molecule has 1 aliphatic rings. The first-order chi connectivity index (χ1) is 11.6. The maximum absolute atomic E-state index is 12.3. The van der Waals surface area contributed by atoms with Crippen LogP contribution in [0.4, 0.5) is 0 Å². The second kappa shape index (κ2) is 7.29. The Morgan fingerprint density at radius 1 is 1.29 bits per heavy atom. The highest BCUT2D eigenvalue weighted by atomic mass is 16.4. The van der Waals surface area contributed by atoms with Gasteiger partial charge in [-0.1, -0.05) is 12.1 Å². The van der Waals surface area contributed by atoms with Crippen LogP contribution in [-0.2, 0) is 11.2 Å². The van der Waals surface area contributed by atoms with Gasteiger partial charge in [0.2, 0.25) is 5.91 Å². The minimum atomic E-state index is -0.914. The van der Waals surface area contributed by atoms with E-state index in [4.69, 9.17) is 5.11 Å². The van der Waals surface area contributed by atoms with Crippen molar-refractivity contribution >= 4 is 11.9 Å². The van der Waals surface area contributed by atoms with Crippen LogP contribution in [-0.4, -0.2) is 45.2 Å². The Labute approximate surface area is 140 Å². The van der Waals surface area contributed by atoms with E-state index in [0.717, 1.165) is 43.5 Å². The summed E-state index contributed by atoms with van der Waals surface area (Å²) in [5.74, 6) is -0.420. The number of aryl methyl sites for hydroxylation is 1. The summed E-state index contributed by atoms with van der Waals surface area (Å²) in [6, 6.07) is 6.99. The molecule has 2 aromatic rings. The molecule has 6 nitrogen and oxygen atoms in total. The van der Waals surface area contributed by atoms with Gasteiger partial charge in [-0.25, -0.2) is 4.79 Å². The van der Waals surface area contributed by atoms with Crippen molar-refractivity contribution < 1.29 is 14.7 Å². The van der Waals surface area contributed by atoms with Crippen LogP contribution in [0.3, 0.4) is 0 Å². The topological polar surface area (TPSA) is 86.3 Å². The number of aromatic carboxylic acids is 1. The van der Waals surface area contributed by atoms with E-state index >= 15 is 0 Å². The molecule has 0 bridgehead atoms. The minimum absolute atomic E-state index is 0.197. The summed E-state index contributed by atoms with van der Waals surface area (Å²) in [4.78, 5) is 25.1. The lowest BCUT2D eigenvalue weighted by Gasteiger charge is -2.16. The maximum Gasteiger partial charge on any atom is 0.335 e. The molecule has 1 aromatic heterocycles. The predicted octanol–water partition coefficient (Wildman–Crippen LogP) is 2.45. The number of H-pyrrole nitrogens is 1. The lowest BCUT2D eigenvalue weighted by molar-refractivity contribution is -0.130. The van der Waals surface area contributed by atoms with Gasteiger partial charge in [0.05, 0.1) is 11.8 Å². The van der Waals surface area contributed by atoms with E-state index in [1.807, 2.05) is 23.2 Å². The Morgan fingerprint density at radius 3 is 2.75 bits per heavy atom. The number of carboxylic acids is 1. The number of likely N-dealkylation sites (tertiary alicyclic amines) is 1. The molecule has 3 rings (SSSR count). The second-order valence-corrected chi connectivity index (χ2v) is 6.21. The standard InChI is InChI=1S/C18H21N3O3/c22-17(3-1-2-13-10-19-20-11-13)21-9-8-16(12-21)14-4-6-15(7-5-14)18(23)24/h4-7,10-11,16H,1-3,8-9,12H2,(H,19,20)(H,23,24). The molecule has 1 saturated heterocycles. The SMILES string of the molecule is O=C(O)c1ccc(C2CCN(C(=O)CCCc3cn[nH]c3)C2)cc1. The fourth-order valence-corrected chi connectivity index (χ4v) is 3.17. The van der Waals surface area contributed by atoms with Crippen molar-refractivity contribution in [2.75, 3.05) is 13.1 Å². The van der Waals surface area contributed by atoms with Crippen LogP contribution >= 0.6 is 0 Å². The molecular formula is C18H21N3O3. The number of benzene rings is 1. The third kappa shape index (κ3) is 3.82. The Bertz CT molecular complexity index is 695. The molecule has 6 heteroatoms. The van der Waals surface area contributed by atoms with Gasteiger partial charge in [-0.05, 0) is 42.5 Å². The van der Waals surface area contributed by atoms with E-state index in [9.17, 15) is 9.59 Å². The highest BCUT2D eigenvalue weighted by Gasteiger charge is 2.27. The quantitative estimate of drug-likeness (QED) is 0.853. The van der Waals surface area contributed by atoms with E-state index in [-0.39, 0.29) is 5.91 Å². The average Bonchev–Trinajstić information content (AvgIpc) is 3.26. The summed E-state index contributed by atoms with van der Waals surface area (Å²) in [5.41, 5.74) is 2.53.